The topological polar surface area (TPSA) is 125 Å². The number of carbonyl (C=O) groups is 2. The van der Waals surface area contributed by atoms with Crippen LogP contribution in [-0.4, -0.2) is 80.7 Å². The summed E-state index contributed by atoms with van der Waals surface area (Å²) in [5.74, 6) is -5.51. The Balaban J connectivity index is 0.000000317. The van der Waals surface area contributed by atoms with E-state index in [1.54, 1.807) is 6.20 Å². The third-order valence-electron chi connectivity index (χ3n) is 5.68. The molecule has 0 aliphatic carbocycles. The Morgan fingerprint density at radius 3 is 2.28 bits per heavy atom. The van der Waals surface area contributed by atoms with Gasteiger partial charge in [0.1, 0.15) is 0 Å². The molecule has 4 heterocycles. The van der Waals surface area contributed by atoms with Crippen molar-refractivity contribution in [1.29, 1.82) is 0 Å². The van der Waals surface area contributed by atoms with Gasteiger partial charge in [-0.3, -0.25) is 14.9 Å². The maximum absolute atomic E-state index is 10.6. The van der Waals surface area contributed by atoms with Gasteiger partial charge in [-0.1, -0.05) is 6.07 Å². The number of rotatable bonds is 4. The Morgan fingerprint density at radius 2 is 1.74 bits per heavy atom. The molecule has 39 heavy (non-hydrogen) atoms. The van der Waals surface area contributed by atoms with Gasteiger partial charge < -0.3 is 20.3 Å². The van der Waals surface area contributed by atoms with Crippen LogP contribution in [0.25, 0.3) is 0 Å². The first-order valence-electron chi connectivity index (χ1n) is 11.7. The highest BCUT2D eigenvalue weighted by Crippen LogP contribution is 2.36. The fraction of sp³-hybridized carbons (Fsp3) is 0.500. The summed E-state index contributed by atoms with van der Waals surface area (Å²) in [5, 5.41) is 17.8. The molecule has 2 aliphatic heterocycles. The summed E-state index contributed by atoms with van der Waals surface area (Å²) in [6, 6.07) is 10.7. The van der Waals surface area contributed by atoms with Gasteiger partial charge in [-0.25, -0.2) is 9.59 Å². The van der Waals surface area contributed by atoms with Crippen molar-refractivity contribution in [1.82, 2.24) is 14.9 Å². The molecule has 1 spiro atoms. The Morgan fingerprint density at radius 1 is 1.10 bits per heavy atom. The van der Waals surface area contributed by atoms with E-state index in [-0.39, 0.29) is 5.60 Å². The van der Waals surface area contributed by atoms with Crippen molar-refractivity contribution in [2.75, 3.05) is 25.0 Å². The van der Waals surface area contributed by atoms with Crippen molar-refractivity contribution in [3.8, 4) is 0 Å². The maximum Gasteiger partial charge on any atom is 0.490 e. The van der Waals surface area contributed by atoms with Gasteiger partial charge in [-0.2, -0.15) is 26.3 Å². The molecular formula is C24H28F6N4O5. The number of aliphatic carboxylic acids is 2. The first-order chi connectivity index (χ1) is 18.1. The van der Waals surface area contributed by atoms with Crippen molar-refractivity contribution in [3.05, 3.63) is 54.1 Å². The zero-order chi connectivity index (χ0) is 29.3. The van der Waals surface area contributed by atoms with Crippen LogP contribution in [-0.2, 0) is 20.9 Å². The normalized spacial score (nSPS) is 21.3. The van der Waals surface area contributed by atoms with Crippen molar-refractivity contribution < 1.29 is 50.9 Å². The molecule has 3 N–H and O–H groups in total. The van der Waals surface area contributed by atoms with Gasteiger partial charge in [0.2, 0.25) is 0 Å². The highest BCUT2D eigenvalue weighted by molar-refractivity contribution is 5.73. The Bertz CT molecular complexity index is 1060. The predicted octanol–water partition coefficient (Wildman–Crippen LogP) is 4.29. The molecule has 2 unspecified atom stereocenters. The lowest BCUT2D eigenvalue weighted by Crippen LogP contribution is -2.47. The van der Waals surface area contributed by atoms with Gasteiger partial charge >= 0.3 is 24.3 Å². The van der Waals surface area contributed by atoms with E-state index in [1.807, 2.05) is 12.3 Å². The van der Waals surface area contributed by atoms with Crippen LogP contribution >= 0.6 is 0 Å². The van der Waals surface area contributed by atoms with Gasteiger partial charge in [0.05, 0.1) is 29.6 Å². The second-order valence-electron chi connectivity index (χ2n) is 8.97. The lowest BCUT2D eigenvalue weighted by Gasteiger charge is -2.39. The van der Waals surface area contributed by atoms with Crippen LogP contribution in [0, 0.1) is 6.92 Å². The van der Waals surface area contributed by atoms with Crippen LogP contribution in [0.15, 0.2) is 42.7 Å². The molecule has 0 amide bonds. The number of likely N-dealkylation sites (tertiary alicyclic amines) is 1. The minimum Gasteiger partial charge on any atom is -0.475 e. The quantitative estimate of drug-likeness (QED) is 0.465. The van der Waals surface area contributed by atoms with Crippen molar-refractivity contribution in [2.45, 2.75) is 56.7 Å². The molecule has 216 valence electrons. The van der Waals surface area contributed by atoms with E-state index in [9.17, 15) is 26.3 Å². The summed E-state index contributed by atoms with van der Waals surface area (Å²) >= 11 is 0. The van der Waals surface area contributed by atoms with Crippen LogP contribution in [0.1, 0.15) is 30.7 Å². The smallest absolute Gasteiger partial charge is 0.475 e. The Labute approximate surface area is 219 Å². The summed E-state index contributed by atoms with van der Waals surface area (Å²) in [7, 11) is 0. The number of halogens is 6. The zero-order valence-corrected chi connectivity index (χ0v) is 20.8. The number of piperidine rings is 1. The summed E-state index contributed by atoms with van der Waals surface area (Å²) in [5.41, 5.74) is 3.30. The second-order valence-corrected chi connectivity index (χ2v) is 8.97. The number of aromatic nitrogens is 2. The molecule has 2 aromatic heterocycles. The fourth-order valence-electron chi connectivity index (χ4n) is 4.15. The molecule has 9 nitrogen and oxygen atoms in total. The molecule has 0 bridgehead atoms. The number of nitrogens with one attached hydrogen (secondary N) is 1. The number of carboxylic acids is 2. The zero-order valence-electron chi connectivity index (χ0n) is 20.8. The monoisotopic (exact) mass is 566 g/mol. The molecule has 2 saturated heterocycles. The molecule has 2 atom stereocenters. The molecule has 4 rings (SSSR count). The first kappa shape index (κ1) is 31.8. The van der Waals surface area contributed by atoms with E-state index in [0.29, 0.717) is 6.04 Å². The average Bonchev–Trinajstić information content (AvgIpc) is 3.20. The van der Waals surface area contributed by atoms with E-state index in [1.165, 1.54) is 6.42 Å². The van der Waals surface area contributed by atoms with Crippen LogP contribution in [0.5, 0.6) is 0 Å². The van der Waals surface area contributed by atoms with Crippen molar-refractivity contribution in [2.24, 2.45) is 0 Å². The molecule has 0 aromatic carbocycles. The number of carboxylic acid groups (broad SMARTS) is 2. The van der Waals surface area contributed by atoms with E-state index in [2.05, 4.69) is 51.4 Å². The van der Waals surface area contributed by atoms with Crippen LogP contribution in [0.4, 0.5) is 32.0 Å². The second kappa shape index (κ2) is 13.6. The SMILES string of the molecule is Cc1cccc(CN2CCCC3(CC(Nc4cccnc4)CO3)C2)n1.O=C(O)C(F)(F)F.O=C(O)C(F)(F)F. The first-order valence-corrected chi connectivity index (χ1v) is 11.7. The van der Waals surface area contributed by atoms with Crippen molar-refractivity contribution >= 4 is 17.6 Å². The predicted molar refractivity (Wildman–Crippen MR) is 126 cm³/mol. The van der Waals surface area contributed by atoms with Crippen LogP contribution < -0.4 is 5.32 Å². The van der Waals surface area contributed by atoms with Gasteiger partial charge in [-0.05, 0) is 57.0 Å². The number of pyridine rings is 2. The summed E-state index contributed by atoms with van der Waals surface area (Å²) in [6.45, 7) is 5.85. The molecule has 0 saturated carbocycles. The summed E-state index contributed by atoms with van der Waals surface area (Å²) in [4.78, 5) is 29.1. The van der Waals surface area contributed by atoms with Gasteiger partial charge in [0.15, 0.2) is 0 Å². The maximum atomic E-state index is 10.6. The number of aryl methyl sites for hydroxylation is 1. The molecule has 15 heteroatoms. The molecule has 2 aromatic rings. The van der Waals surface area contributed by atoms with Gasteiger partial charge in [0.25, 0.3) is 0 Å². The van der Waals surface area contributed by atoms with Gasteiger partial charge in [-0.15, -0.1) is 0 Å². The number of alkyl halides is 6. The highest BCUT2D eigenvalue weighted by Gasteiger charge is 2.43. The minimum absolute atomic E-state index is 0.0120. The van der Waals surface area contributed by atoms with Crippen LogP contribution in [0.3, 0.4) is 0 Å². The summed E-state index contributed by atoms with van der Waals surface area (Å²) < 4.78 is 69.8. The number of ether oxygens (including phenoxy) is 1. The van der Waals surface area contributed by atoms with E-state index in [0.717, 1.165) is 56.2 Å². The molecular weight excluding hydrogens is 538 g/mol. The van der Waals surface area contributed by atoms with E-state index in [4.69, 9.17) is 24.5 Å². The highest BCUT2D eigenvalue weighted by atomic mass is 19.4. The average molecular weight is 566 g/mol. The third-order valence-corrected chi connectivity index (χ3v) is 5.68. The van der Waals surface area contributed by atoms with E-state index >= 15 is 0 Å². The minimum atomic E-state index is -5.08. The Hall–Kier alpha value is -3.46. The number of hydrogen-bond donors (Lipinski definition) is 3. The molecule has 2 fully saturated rings. The van der Waals surface area contributed by atoms with Crippen LogP contribution in [0.2, 0.25) is 0 Å². The number of anilines is 1. The van der Waals surface area contributed by atoms with Crippen molar-refractivity contribution in [3.63, 3.8) is 0 Å². The third kappa shape index (κ3) is 11.0. The standard InChI is InChI=1S/C20H26N4O.2C2HF3O2/c1-16-5-2-6-18(22-16)13-24-10-4-8-20(15-24)11-19(14-25-20)23-17-7-3-9-21-12-17;2*3-2(4,5)1(6)7/h2-3,5-7,9,12,19,23H,4,8,10-11,13-15H2,1H3;2*(H,6,7). The fourth-order valence-corrected chi connectivity index (χ4v) is 4.15. The molecule has 0 radical (unpaired) electrons. The van der Waals surface area contributed by atoms with Gasteiger partial charge in [0, 0.05) is 31.2 Å². The molecule has 2 aliphatic rings. The largest absolute Gasteiger partial charge is 0.490 e. The number of hydrogen-bond acceptors (Lipinski definition) is 7. The van der Waals surface area contributed by atoms with E-state index < -0.39 is 24.3 Å². The lowest BCUT2D eigenvalue weighted by molar-refractivity contribution is -0.193. The Kier molecular flexibility index (Phi) is 11.0. The lowest BCUT2D eigenvalue weighted by atomic mass is 9.88. The number of nitrogens with zero attached hydrogens (tertiary/aromatic N) is 3. The summed E-state index contributed by atoms with van der Waals surface area (Å²) in [6.07, 6.45) is -3.10.